The van der Waals surface area contributed by atoms with Crippen molar-refractivity contribution in [3.05, 3.63) is 11.0 Å². The molecule has 11 heavy (non-hydrogen) atoms. The van der Waals surface area contributed by atoms with Gasteiger partial charge in [-0.05, 0) is 6.92 Å². The molecule has 1 unspecified atom stereocenters. The van der Waals surface area contributed by atoms with Gasteiger partial charge in [0.25, 0.3) is 0 Å². The molecule has 0 aliphatic heterocycles. The summed E-state index contributed by atoms with van der Waals surface area (Å²) in [5, 5.41) is 11.1. The average Bonchev–Trinajstić information content (AvgIpc) is 2.01. The van der Waals surface area contributed by atoms with Gasteiger partial charge in [0, 0.05) is 12.8 Å². The Labute approximate surface area is 67.8 Å². The molecule has 0 aromatic carbocycles. The van der Waals surface area contributed by atoms with Gasteiger partial charge < -0.3 is 11.0 Å². The van der Waals surface area contributed by atoms with Crippen LogP contribution in [0.3, 0.4) is 0 Å². The first-order chi connectivity index (χ1) is 4.98. The maximum Gasteiger partial charge on any atom is 0.183 e. The van der Waals surface area contributed by atoms with Crippen LogP contribution < -0.4 is 5.17 Å². The van der Waals surface area contributed by atoms with Crippen LogP contribution in [0.5, 0.6) is 0 Å². The third-order valence-electron chi connectivity index (χ3n) is 2.32. The second kappa shape index (κ2) is 3.69. The first-order valence-electron chi connectivity index (χ1n) is 3.84. The van der Waals surface area contributed by atoms with Gasteiger partial charge in [-0.1, -0.05) is 13.8 Å². The first kappa shape index (κ1) is 10.4. The molecule has 0 fully saturated rings. The predicted molar refractivity (Wildman–Crippen MR) is 45.0 cm³/mol. The summed E-state index contributed by atoms with van der Waals surface area (Å²) in [6.45, 7) is 9.01. The van der Waals surface area contributed by atoms with E-state index in [0.29, 0.717) is 4.79 Å². The van der Waals surface area contributed by atoms with Crippen molar-refractivity contribution in [3.8, 4) is 0 Å². The topological polar surface area (TPSA) is 54.3 Å². The van der Waals surface area contributed by atoms with E-state index in [4.69, 9.17) is 5.84 Å². The molecule has 2 N–H and O–H groups in total. The minimum Gasteiger partial charge on any atom is -0.575 e. The number of hydroxylamine groups is 1. The van der Waals surface area contributed by atoms with Crippen molar-refractivity contribution in [2.24, 2.45) is 0 Å². The van der Waals surface area contributed by atoms with Crippen LogP contribution in [0.4, 0.5) is 0 Å². The zero-order valence-electron chi connectivity index (χ0n) is 7.48. The molecule has 0 aromatic rings. The average molecular weight is 159 g/mol. The van der Waals surface area contributed by atoms with E-state index in [1.807, 2.05) is 20.8 Å². The molecule has 0 aliphatic rings. The van der Waals surface area contributed by atoms with Crippen molar-refractivity contribution in [1.82, 2.24) is 0 Å². The van der Waals surface area contributed by atoms with Crippen LogP contribution in [0.1, 0.15) is 33.6 Å². The van der Waals surface area contributed by atoms with E-state index >= 15 is 0 Å². The van der Waals surface area contributed by atoms with Crippen LogP contribution in [-0.2, 0) is 0 Å². The van der Waals surface area contributed by atoms with Gasteiger partial charge in [-0.2, -0.15) is 0 Å². The molecule has 0 amide bonds. The number of nitrogens with zero attached hydrogens (tertiary/aromatic N) is 1. The number of hydrogen-bond donors (Lipinski definition) is 1. The summed E-state index contributed by atoms with van der Waals surface area (Å²) < 4.78 is 0. The summed E-state index contributed by atoms with van der Waals surface area (Å²) in [5.74, 6) is 7.02. The van der Waals surface area contributed by atoms with E-state index in [1.54, 1.807) is 0 Å². The molecule has 4 heteroatoms. The van der Waals surface area contributed by atoms with Gasteiger partial charge in [0.1, 0.15) is 5.54 Å². The molecule has 0 bridgehead atoms. The van der Waals surface area contributed by atoms with Gasteiger partial charge in [0.2, 0.25) is 0 Å². The van der Waals surface area contributed by atoms with Crippen LogP contribution in [0, 0.1) is 5.21 Å². The lowest BCUT2D eigenvalue weighted by Gasteiger charge is -2.34. The molecule has 0 aliphatic carbocycles. The highest BCUT2D eigenvalue weighted by molar-refractivity contribution is 5.13. The Morgan fingerprint density at radius 1 is 1.55 bits per heavy atom. The van der Waals surface area contributed by atoms with Gasteiger partial charge in [0.15, 0.2) is 6.72 Å². The second-order valence-corrected chi connectivity index (χ2v) is 3.00. The summed E-state index contributed by atoms with van der Waals surface area (Å²) in [7, 11) is 0. The molecule has 4 nitrogen and oxygen atoms in total. The molecule has 1 atom stereocenters. The van der Waals surface area contributed by atoms with Gasteiger partial charge in [-0.25, -0.2) is 0 Å². The Balaban J connectivity index is 4.36. The van der Waals surface area contributed by atoms with Crippen LogP contribution in [-0.4, -0.2) is 17.0 Å². The molecule has 0 saturated carbocycles. The molecule has 0 saturated heterocycles. The van der Waals surface area contributed by atoms with Crippen molar-refractivity contribution in [3.63, 3.8) is 0 Å². The van der Waals surface area contributed by atoms with Gasteiger partial charge >= 0.3 is 0 Å². The molecule has 0 radical (unpaired) electrons. The van der Waals surface area contributed by atoms with Crippen molar-refractivity contribution >= 4 is 6.72 Å². The third-order valence-corrected chi connectivity index (χ3v) is 2.32. The predicted octanol–water partition coefficient (Wildman–Crippen LogP) is 0.543. The lowest BCUT2D eigenvalue weighted by molar-refractivity contribution is -1.31. The Morgan fingerprint density at radius 2 is 1.91 bits per heavy atom. The summed E-state index contributed by atoms with van der Waals surface area (Å²) >= 11 is 0. The van der Waals surface area contributed by atoms with Gasteiger partial charge in [-0.15, -0.1) is 9.97 Å². The van der Waals surface area contributed by atoms with Crippen LogP contribution in [0.25, 0.3) is 5.84 Å². The lowest BCUT2D eigenvalue weighted by Crippen LogP contribution is -3.18. The second-order valence-electron chi connectivity index (χ2n) is 3.00. The van der Waals surface area contributed by atoms with Crippen LogP contribution in [0.15, 0.2) is 0 Å². The summed E-state index contributed by atoms with van der Waals surface area (Å²) in [6, 6.07) is 0. The fourth-order valence-electron chi connectivity index (χ4n) is 0.878. The highest BCUT2D eigenvalue weighted by atomic mass is 16.6. The summed E-state index contributed by atoms with van der Waals surface area (Å²) in [5.41, 5.74) is -0.399. The minimum atomic E-state index is -0.399. The van der Waals surface area contributed by atoms with Gasteiger partial charge in [0.05, 0.1) is 0 Å². The molecule has 0 spiro atoms. The molecular formula is C7H17N3O. The zero-order valence-corrected chi connectivity index (χ0v) is 7.48. The normalized spacial score (nSPS) is 14.5. The Morgan fingerprint density at radius 3 is 2.00 bits per heavy atom. The van der Waals surface area contributed by atoms with Crippen molar-refractivity contribution in [2.75, 3.05) is 0 Å². The maximum absolute atomic E-state index is 11.3. The maximum atomic E-state index is 11.3. The smallest absolute Gasteiger partial charge is 0.183 e. The highest BCUT2D eigenvalue weighted by Crippen LogP contribution is 2.08. The molecular weight excluding hydrogens is 142 g/mol. The SMILES string of the molecule is C=[N+]([NH-])[NH+]([O-])C(C)(CC)CC. The van der Waals surface area contributed by atoms with Crippen LogP contribution in [0.2, 0.25) is 0 Å². The fraction of sp³-hybridized carbons (Fsp3) is 0.857. The summed E-state index contributed by atoms with van der Waals surface area (Å²) in [4.78, 5) is 0.674. The third kappa shape index (κ3) is 2.17. The standard InChI is InChI=1S/C7H17N3O/c1-5-7(3,6-2)10(11)9(4)8/h8,10H,4-6H2,1-3H3. The molecule has 0 rings (SSSR count). The minimum absolute atomic E-state index is 0.206. The van der Waals surface area contributed by atoms with Crippen LogP contribution >= 0.6 is 0 Å². The monoisotopic (exact) mass is 159 g/mol. The van der Waals surface area contributed by atoms with Gasteiger partial charge in [-0.3, -0.25) is 0 Å². The van der Waals surface area contributed by atoms with E-state index in [0.717, 1.165) is 12.8 Å². The Bertz CT molecular complexity index is 143. The summed E-state index contributed by atoms with van der Waals surface area (Å²) in [6.07, 6.45) is 1.51. The van der Waals surface area contributed by atoms with Crippen molar-refractivity contribution in [2.45, 2.75) is 39.2 Å². The number of nitrogens with one attached hydrogen (secondary N) is 2. The highest BCUT2D eigenvalue weighted by Gasteiger charge is 2.30. The Hall–Kier alpha value is -0.610. The van der Waals surface area contributed by atoms with E-state index in [2.05, 4.69) is 6.72 Å². The molecule has 0 heterocycles. The molecule has 66 valence electrons. The number of quaternary nitrogens is 1. The van der Waals surface area contributed by atoms with E-state index in [9.17, 15) is 5.21 Å². The van der Waals surface area contributed by atoms with Crippen molar-refractivity contribution in [1.29, 1.82) is 0 Å². The number of rotatable bonds is 4. The van der Waals surface area contributed by atoms with Crippen molar-refractivity contribution < 1.29 is 9.97 Å². The van der Waals surface area contributed by atoms with E-state index in [1.165, 1.54) is 0 Å². The largest absolute Gasteiger partial charge is 0.575 e. The van der Waals surface area contributed by atoms with E-state index in [-0.39, 0.29) is 5.17 Å². The number of hydrogen-bond acceptors (Lipinski definition) is 1. The molecule has 0 aromatic heterocycles. The lowest BCUT2D eigenvalue weighted by atomic mass is 9.96. The first-order valence-corrected chi connectivity index (χ1v) is 3.84. The Kier molecular flexibility index (Phi) is 3.48. The zero-order chi connectivity index (χ0) is 9.07. The van der Waals surface area contributed by atoms with E-state index < -0.39 is 5.54 Å². The quantitative estimate of drug-likeness (QED) is 0.363. The fourth-order valence-corrected chi connectivity index (χ4v) is 0.878.